The fourth-order valence-corrected chi connectivity index (χ4v) is 2.10. The number of nitrogens with zero attached hydrogens (tertiary/aromatic N) is 2. The van der Waals surface area contributed by atoms with E-state index in [2.05, 4.69) is 40.7 Å². The summed E-state index contributed by atoms with van der Waals surface area (Å²) < 4.78 is 2.20. The highest BCUT2D eigenvalue weighted by Gasteiger charge is 2.11. The molecule has 0 spiro atoms. The van der Waals surface area contributed by atoms with Crippen LogP contribution in [0.5, 0.6) is 0 Å². The van der Waals surface area contributed by atoms with Crippen LogP contribution in [-0.4, -0.2) is 16.1 Å². The minimum Gasteiger partial charge on any atom is -0.334 e. The van der Waals surface area contributed by atoms with Crippen molar-refractivity contribution in [1.29, 1.82) is 0 Å². The molecule has 0 bridgehead atoms. The van der Waals surface area contributed by atoms with E-state index in [0.29, 0.717) is 12.5 Å². The van der Waals surface area contributed by atoms with Crippen LogP contribution in [0.2, 0.25) is 0 Å². The molecule has 3 heteroatoms. The Kier molecular flexibility index (Phi) is 3.94. The smallest absolute Gasteiger partial charge is 0.108 e. The summed E-state index contributed by atoms with van der Waals surface area (Å²) in [5.74, 6) is 1.48. The molecule has 3 nitrogen and oxygen atoms in total. The first kappa shape index (κ1) is 11.9. The number of imidazole rings is 1. The van der Waals surface area contributed by atoms with Crippen LogP contribution in [0.3, 0.4) is 0 Å². The van der Waals surface area contributed by atoms with Gasteiger partial charge in [0, 0.05) is 37.8 Å². The number of aromatic nitrogens is 2. The van der Waals surface area contributed by atoms with Crippen molar-refractivity contribution in [2.24, 2.45) is 5.73 Å². The molecule has 17 heavy (non-hydrogen) atoms. The molecule has 0 aliphatic carbocycles. The largest absolute Gasteiger partial charge is 0.334 e. The molecule has 0 saturated carbocycles. The van der Waals surface area contributed by atoms with Crippen LogP contribution in [0.15, 0.2) is 42.7 Å². The van der Waals surface area contributed by atoms with E-state index in [1.807, 2.05) is 18.5 Å². The van der Waals surface area contributed by atoms with Crippen LogP contribution in [0.25, 0.3) is 0 Å². The Morgan fingerprint density at radius 3 is 2.71 bits per heavy atom. The molecule has 2 N–H and O–H groups in total. The number of benzene rings is 1. The lowest BCUT2D eigenvalue weighted by atomic mass is 9.99. The highest BCUT2D eigenvalue weighted by Crippen LogP contribution is 2.17. The summed E-state index contributed by atoms with van der Waals surface area (Å²) in [7, 11) is 0. The Balaban J connectivity index is 2.16. The molecule has 1 unspecified atom stereocenters. The lowest BCUT2D eigenvalue weighted by molar-refractivity contribution is 0.549. The molecule has 0 saturated heterocycles. The van der Waals surface area contributed by atoms with Gasteiger partial charge in [0.05, 0.1) is 0 Å². The summed E-state index contributed by atoms with van der Waals surface area (Å²) in [4.78, 5) is 4.34. The molecule has 1 atom stereocenters. The zero-order chi connectivity index (χ0) is 12.1. The Bertz CT molecular complexity index is 448. The monoisotopic (exact) mass is 229 g/mol. The molecule has 0 aliphatic heterocycles. The van der Waals surface area contributed by atoms with Crippen LogP contribution >= 0.6 is 0 Å². The van der Waals surface area contributed by atoms with Crippen LogP contribution in [0.4, 0.5) is 0 Å². The van der Waals surface area contributed by atoms with Crippen molar-refractivity contribution in [3.8, 4) is 0 Å². The van der Waals surface area contributed by atoms with Crippen molar-refractivity contribution in [3.05, 3.63) is 54.1 Å². The average molecular weight is 229 g/mol. The van der Waals surface area contributed by atoms with Gasteiger partial charge >= 0.3 is 0 Å². The molecule has 2 rings (SSSR count). The molecule has 1 aromatic carbocycles. The molecular weight excluding hydrogens is 210 g/mol. The third-order valence-corrected chi connectivity index (χ3v) is 3.09. The SMILES string of the molecule is CCc1nccn1CC(CN)c1ccccc1. The van der Waals surface area contributed by atoms with Gasteiger partial charge in [-0.1, -0.05) is 37.3 Å². The van der Waals surface area contributed by atoms with Crippen molar-refractivity contribution in [2.45, 2.75) is 25.8 Å². The van der Waals surface area contributed by atoms with Gasteiger partial charge < -0.3 is 10.3 Å². The zero-order valence-electron chi connectivity index (χ0n) is 10.2. The maximum atomic E-state index is 5.88. The standard InChI is InChI=1S/C14H19N3/c1-2-14-16-8-9-17(14)11-13(10-15)12-6-4-3-5-7-12/h3-9,13H,2,10-11,15H2,1H3. The lowest BCUT2D eigenvalue weighted by Crippen LogP contribution is -2.19. The molecule has 2 aromatic rings. The van der Waals surface area contributed by atoms with E-state index >= 15 is 0 Å². The maximum Gasteiger partial charge on any atom is 0.108 e. The van der Waals surface area contributed by atoms with E-state index in [1.54, 1.807) is 0 Å². The lowest BCUT2D eigenvalue weighted by Gasteiger charge is -2.17. The fraction of sp³-hybridized carbons (Fsp3) is 0.357. The molecule has 0 amide bonds. The van der Waals surface area contributed by atoms with Gasteiger partial charge in [-0.25, -0.2) is 4.98 Å². The molecule has 0 aliphatic rings. The van der Waals surface area contributed by atoms with Crippen molar-refractivity contribution in [1.82, 2.24) is 9.55 Å². The minimum atomic E-state index is 0.357. The highest BCUT2D eigenvalue weighted by molar-refractivity contribution is 5.20. The van der Waals surface area contributed by atoms with Crippen molar-refractivity contribution >= 4 is 0 Å². The van der Waals surface area contributed by atoms with Gasteiger partial charge in [0.2, 0.25) is 0 Å². The first-order chi connectivity index (χ1) is 8.35. The van der Waals surface area contributed by atoms with Gasteiger partial charge in [0.15, 0.2) is 0 Å². The number of rotatable bonds is 5. The van der Waals surface area contributed by atoms with E-state index in [0.717, 1.165) is 18.8 Å². The third-order valence-electron chi connectivity index (χ3n) is 3.09. The molecule has 0 fully saturated rings. The van der Waals surface area contributed by atoms with Crippen molar-refractivity contribution < 1.29 is 0 Å². The Morgan fingerprint density at radius 1 is 1.29 bits per heavy atom. The quantitative estimate of drug-likeness (QED) is 0.854. The number of aryl methyl sites for hydroxylation is 1. The predicted molar refractivity (Wildman–Crippen MR) is 69.8 cm³/mol. The summed E-state index contributed by atoms with van der Waals surface area (Å²) >= 11 is 0. The summed E-state index contributed by atoms with van der Waals surface area (Å²) in [6.45, 7) is 3.69. The predicted octanol–water partition coefficient (Wildman–Crippen LogP) is 2.19. The number of nitrogens with two attached hydrogens (primary N) is 1. The minimum absolute atomic E-state index is 0.357. The van der Waals surface area contributed by atoms with Gasteiger partial charge in [0.1, 0.15) is 5.82 Å². The number of hydrogen-bond donors (Lipinski definition) is 1. The van der Waals surface area contributed by atoms with Crippen LogP contribution in [0.1, 0.15) is 24.2 Å². The van der Waals surface area contributed by atoms with Crippen LogP contribution < -0.4 is 5.73 Å². The van der Waals surface area contributed by atoms with Gasteiger partial charge in [0.25, 0.3) is 0 Å². The van der Waals surface area contributed by atoms with Crippen molar-refractivity contribution in [2.75, 3.05) is 6.54 Å². The van der Waals surface area contributed by atoms with E-state index < -0.39 is 0 Å². The highest BCUT2D eigenvalue weighted by atomic mass is 15.1. The third kappa shape index (κ3) is 2.74. The second-order valence-corrected chi connectivity index (χ2v) is 4.19. The zero-order valence-corrected chi connectivity index (χ0v) is 10.2. The molecule has 0 radical (unpaired) electrons. The van der Waals surface area contributed by atoms with E-state index in [1.165, 1.54) is 5.56 Å². The normalized spacial score (nSPS) is 12.6. The summed E-state index contributed by atoms with van der Waals surface area (Å²) in [5, 5.41) is 0. The summed E-state index contributed by atoms with van der Waals surface area (Å²) in [6, 6.07) is 10.4. The second kappa shape index (κ2) is 5.64. The Hall–Kier alpha value is -1.61. The molecule has 90 valence electrons. The average Bonchev–Trinajstić information content (AvgIpc) is 2.84. The molecule has 1 aromatic heterocycles. The maximum absolute atomic E-state index is 5.88. The first-order valence-electron chi connectivity index (χ1n) is 6.10. The van der Waals surface area contributed by atoms with Gasteiger partial charge in [-0.2, -0.15) is 0 Å². The van der Waals surface area contributed by atoms with Gasteiger partial charge in [-0.3, -0.25) is 0 Å². The van der Waals surface area contributed by atoms with Gasteiger partial charge in [-0.15, -0.1) is 0 Å². The van der Waals surface area contributed by atoms with E-state index in [-0.39, 0.29) is 0 Å². The summed E-state index contributed by atoms with van der Waals surface area (Å²) in [5.41, 5.74) is 7.18. The first-order valence-corrected chi connectivity index (χ1v) is 6.10. The van der Waals surface area contributed by atoms with E-state index in [9.17, 15) is 0 Å². The fourth-order valence-electron chi connectivity index (χ4n) is 2.10. The van der Waals surface area contributed by atoms with E-state index in [4.69, 9.17) is 5.73 Å². The Morgan fingerprint density at radius 2 is 2.06 bits per heavy atom. The second-order valence-electron chi connectivity index (χ2n) is 4.19. The topological polar surface area (TPSA) is 43.8 Å². The van der Waals surface area contributed by atoms with Crippen LogP contribution in [-0.2, 0) is 13.0 Å². The molecule has 1 heterocycles. The number of hydrogen-bond acceptors (Lipinski definition) is 2. The van der Waals surface area contributed by atoms with Crippen molar-refractivity contribution in [3.63, 3.8) is 0 Å². The molecular formula is C14H19N3. The Labute approximate surface area is 102 Å². The summed E-state index contributed by atoms with van der Waals surface area (Å²) in [6.07, 6.45) is 4.85. The van der Waals surface area contributed by atoms with Gasteiger partial charge in [-0.05, 0) is 5.56 Å². The van der Waals surface area contributed by atoms with Crippen LogP contribution in [0, 0.1) is 0 Å².